The molecule has 1 saturated heterocycles. The van der Waals surface area contributed by atoms with Crippen LogP contribution in [0.3, 0.4) is 0 Å². The highest BCUT2D eigenvalue weighted by atomic mass is 15.2. The zero-order valence-electron chi connectivity index (χ0n) is 12.4. The Morgan fingerprint density at radius 3 is 2.89 bits per heavy atom. The van der Waals surface area contributed by atoms with E-state index in [4.69, 9.17) is 0 Å². The van der Waals surface area contributed by atoms with Gasteiger partial charge in [0.15, 0.2) is 0 Å². The second kappa shape index (κ2) is 6.98. The summed E-state index contributed by atoms with van der Waals surface area (Å²) in [7, 11) is 6.38. The van der Waals surface area contributed by atoms with E-state index in [2.05, 4.69) is 52.4 Å². The molecule has 0 spiro atoms. The van der Waals surface area contributed by atoms with Gasteiger partial charge in [0.2, 0.25) is 0 Å². The van der Waals surface area contributed by atoms with Crippen LogP contribution in [0.4, 0.5) is 0 Å². The molecule has 0 amide bonds. The molecule has 1 aromatic heterocycles. The lowest BCUT2D eigenvalue weighted by Crippen LogP contribution is -2.36. The van der Waals surface area contributed by atoms with Gasteiger partial charge in [-0.05, 0) is 52.7 Å². The second-order valence-electron chi connectivity index (χ2n) is 5.62. The fraction of sp³-hybridized carbons (Fsp3) is 0.667. The van der Waals surface area contributed by atoms with Crippen molar-refractivity contribution in [1.29, 1.82) is 0 Å². The highest BCUT2D eigenvalue weighted by Crippen LogP contribution is 2.16. The fourth-order valence-corrected chi connectivity index (χ4v) is 2.81. The van der Waals surface area contributed by atoms with Crippen molar-refractivity contribution in [3.05, 3.63) is 29.6 Å². The number of rotatable bonds is 6. The van der Waals surface area contributed by atoms with Crippen LogP contribution in [0.1, 0.15) is 24.2 Å². The van der Waals surface area contributed by atoms with Crippen LogP contribution in [0, 0.1) is 0 Å². The summed E-state index contributed by atoms with van der Waals surface area (Å²) in [6, 6.07) is 7.01. The molecule has 106 valence electrons. The molecular formula is C15H26N4. The van der Waals surface area contributed by atoms with Crippen LogP contribution in [0.2, 0.25) is 0 Å². The summed E-state index contributed by atoms with van der Waals surface area (Å²) in [4.78, 5) is 9.54. The summed E-state index contributed by atoms with van der Waals surface area (Å²) in [6.45, 7) is 4.15. The molecule has 1 unspecified atom stereocenters. The second-order valence-corrected chi connectivity index (χ2v) is 5.62. The topological polar surface area (TPSA) is 31.4 Å². The maximum absolute atomic E-state index is 4.68. The zero-order valence-corrected chi connectivity index (χ0v) is 12.4. The first-order valence-corrected chi connectivity index (χ1v) is 7.17. The fourth-order valence-electron chi connectivity index (χ4n) is 2.81. The van der Waals surface area contributed by atoms with Crippen molar-refractivity contribution in [3.8, 4) is 0 Å². The molecule has 2 rings (SSSR count). The van der Waals surface area contributed by atoms with Gasteiger partial charge in [0, 0.05) is 25.7 Å². The Hall–Kier alpha value is -0.970. The van der Waals surface area contributed by atoms with Crippen LogP contribution in [0.25, 0.3) is 0 Å². The monoisotopic (exact) mass is 262 g/mol. The quantitative estimate of drug-likeness (QED) is 0.838. The molecule has 0 aliphatic carbocycles. The molecule has 1 aliphatic rings. The lowest BCUT2D eigenvalue weighted by Gasteiger charge is -2.25. The zero-order chi connectivity index (χ0) is 13.7. The van der Waals surface area contributed by atoms with Gasteiger partial charge in [0.25, 0.3) is 0 Å². The molecule has 4 nitrogen and oxygen atoms in total. The van der Waals surface area contributed by atoms with Crippen LogP contribution in [-0.2, 0) is 13.1 Å². The Morgan fingerprint density at radius 2 is 2.21 bits per heavy atom. The number of nitrogens with one attached hydrogen (secondary N) is 1. The highest BCUT2D eigenvalue weighted by molar-refractivity contribution is 5.11. The van der Waals surface area contributed by atoms with E-state index in [1.807, 2.05) is 7.05 Å². The Labute approximate surface area is 116 Å². The molecule has 0 bridgehead atoms. The minimum Gasteiger partial charge on any atom is -0.314 e. The Kier molecular flexibility index (Phi) is 5.31. The van der Waals surface area contributed by atoms with Crippen LogP contribution in [0.15, 0.2) is 18.2 Å². The number of likely N-dealkylation sites (tertiary alicyclic amines) is 1. The number of aromatic nitrogens is 1. The third-order valence-electron chi connectivity index (χ3n) is 3.85. The first-order valence-electron chi connectivity index (χ1n) is 7.17. The molecule has 1 aliphatic heterocycles. The number of pyridine rings is 1. The van der Waals surface area contributed by atoms with Gasteiger partial charge in [-0.1, -0.05) is 6.07 Å². The number of likely N-dealkylation sites (N-methyl/N-ethyl adjacent to an activating group) is 2. The molecule has 1 N–H and O–H groups in total. The molecule has 4 heteroatoms. The molecule has 0 saturated carbocycles. The standard InChI is InChI=1S/C15H26N4/c1-16-10-13-6-4-7-14(17-13)11-18(2)12-15-8-5-9-19(15)3/h4,6-7,15-16H,5,8-12H2,1-3H3. The third-order valence-corrected chi connectivity index (χ3v) is 3.85. The molecule has 0 radical (unpaired) electrons. The van der Waals surface area contributed by atoms with Crippen LogP contribution in [0.5, 0.6) is 0 Å². The van der Waals surface area contributed by atoms with E-state index in [9.17, 15) is 0 Å². The summed E-state index contributed by atoms with van der Waals surface area (Å²) in [5.41, 5.74) is 2.28. The minimum atomic E-state index is 0.713. The van der Waals surface area contributed by atoms with Gasteiger partial charge in [0.1, 0.15) is 0 Å². The van der Waals surface area contributed by atoms with E-state index in [0.717, 1.165) is 31.0 Å². The summed E-state index contributed by atoms with van der Waals surface area (Å²) in [5, 5.41) is 3.15. The first-order chi connectivity index (χ1) is 9.19. The minimum absolute atomic E-state index is 0.713. The lowest BCUT2D eigenvalue weighted by atomic mass is 10.2. The number of hydrogen-bond acceptors (Lipinski definition) is 4. The highest BCUT2D eigenvalue weighted by Gasteiger charge is 2.22. The molecule has 1 fully saturated rings. The normalized spacial score (nSPS) is 20.3. The SMILES string of the molecule is CNCc1cccc(CN(C)CC2CCCN2C)n1. The summed E-state index contributed by atoms with van der Waals surface area (Å²) in [6.07, 6.45) is 2.67. The molecule has 1 aromatic rings. The predicted molar refractivity (Wildman–Crippen MR) is 79.0 cm³/mol. The largest absolute Gasteiger partial charge is 0.314 e. The smallest absolute Gasteiger partial charge is 0.0547 e. The molecular weight excluding hydrogens is 236 g/mol. The van der Waals surface area contributed by atoms with Gasteiger partial charge >= 0.3 is 0 Å². The van der Waals surface area contributed by atoms with Crippen molar-refractivity contribution in [2.75, 3.05) is 34.2 Å². The Balaban J connectivity index is 1.87. The van der Waals surface area contributed by atoms with Gasteiger partial charge in [0.05, 0.1) is 11.4 Å². The van der Waals surface area contributed by atoms with Gasteiger partial charge in [-0.3, -0.25) is 9.88 Å². The van der Waals surface area contributed by atoms with E-state index in [0.29, 0.717) is 6.04 Å². The van der Waals surface area contributed by atoms with E-state index < -0.39 is 0 Å². The van der Waals surface area contributed by atoms with Crippen LogP contribution >= 0.6 is 0 Å². The van der Waals surface area contributed by atoms with Gasteiger partial charge in [-0.15, -0.1) is 0 Å². The Morgan fingerprint density at radius 1 is 1.42 bits per heavy atom. The summed E-state index contributed by atoms with van der Waals surface area (Å²) in [5.74, 6) is 0. The first kappa shape index (κ1) is 14.4. The van der Waals surface area contributed by atoms with Gasteiger partial charge in [-0.2, -0.15) is 0 Å². The van der Waals surface area contributed by atoms with E-state index in [1.54, 1.807) is 0 Å². The van der Waals surface area contributed by atoms with Gasteiger partial charge in [-0.25, -0.2) is 0 Å². The molecule has 19 heavy (non-hydrogen) atoms. The molecule has 1 atom stereocenters. The van der Waals surface area contributed by atoms with E-state index >= 15 is 0 Å². The number of hydrogen-bond donors (Lipinski definition) is 1. The van der Waals surface area contributed by atoms with E-state index in [1.165, 1.54) is 19.4 Å². The van der Waals surface area contributed by atoms with Crippen molar-refractivity contribution < 1.29 is 0 Å². The van der Waals surface area contributed by atoms with Crippen molar-refractivity contribution in [3.63, 3.8) is 0 Å². The van der Waals surface area contributed by atoms with Crippen molar-refractivity contribution >= 4 is 0 Å². The maximum Gasteiger partial charge on any atom is 0.0547 e. The third kappa shape index (κ3) is 4.27. The Bertz CT molecular complexity index is 393. The lowest BCUT2D eigenvalue weighted by molar-refractivity contribution is 0.214. The summed E-state index contributed by atoms with van der Waals surface area (Å²) >= 11 is 0. The molecule has 0 aromatic carbocycles. The predicted octanol–water partition coefficient (Wildman–Crippen LogP) is 1.33. The summed E-state index contributed by atoms with van der Waals surface area (Å²) < 4.78 is 0. The maximum atomic E-state index is 4.68. The average molecular weight is 262 g/mol. The molecule has 2 heterocycles. The van der Waals surface area contributed by atoms with Gasteiger partial charge < -0.3 is 10.2 Å². The van der Waals surface area contributed by atoms with Crippen molar-refractivity contribution in [2.24, 2.45) is 0 Å². The van der Waals surface area contributed by atoms with Crippen molar-refractivity contribution in [1.82, 2.24) is 20.1 Å². The van der Waals surface area contributed by atoms with Crippen LogP contribution < -0.4 is 5.32 Å². The average Bonchev–Trinajstić information content (AvgIpc) is 2.76. The van der Waals surface area contributed by atoms with E-state index in [-0.39, 0.29) is 0 Å². The number of nitrogens with zero attached hydrogens (tertiary/aromatic N) is 3. The van der Waals surface area contributed by atoms with Crippen LogP contribution in [-0.4, -0.2) is 55.1 Å². The van der Waals surface area contributed by atoms with Crippen molar-refractivity contribution in [2.45, 2.75) is 32.0 Å².